The number of anilines is 1. The maximum atomic E-state index is 13.7. The highest BCUT2D eigenvalue weighted by molar-refractivity contribution is 7.89. The van der Waals surface area contributed by atoms with Gasteiger partial charge in [0, 0.05) is 13.1 Å². The Morgan fingerprint density at radius 1 is 1.42 bits per heavy atom. The average Bonchev–Trinajstić information content (AvgIpc) is 2.23. The van der Waals surface area contributed by atoms with Crippen molar-refractivity contribution in [1.82, 2.24) is 4.31 Å². The number of rotatable bonds is 3. The van der Waals surface area contributed by atoms with Crippen LogP contribution < -0.4 is 5.73 Å². The van der Waals surface area contributed by atoms with E-state index in [0.29, 0.717) is 0 Å². The highest BCUT2D eigenvalue weighted by Crippen LogP contribution is 2.35. The number of aliphatic hydroxyl groups is 1. The van der Waals surface area contributed by atoms with Gasteiger partial charge in [0.1, 0.15) is 10.7 Å². The second-order valence-corrected chi connectivity index (χ2v) is 7.06. The van der Waals surface area contributed by atoms with E-state index in [4.69, 9.17) is 5.73 Å². The van der Waals surface area contributed by atoms with Gasteiger partial charge in [-0.1, -0.05) is 19.9 Å². The van der Waals surface area contributed by atoms with E-state index in [2.05, 4.69) is 0 Å². The molecule has 2 rings (SSSR count). The zero-order valence-corrected chi connectivity index (χ0v) is 11.6. The third kappa shape index (κ3) is 2.22. The van der Waals surface area contributed by atoms with Crippen LogP contribution in [-0.4, -0.2) is 36.5 Å². The summed E-state index contributed by atoms with van der Waals surface area (Å²) < 4.78 is 39.2. The van der Waals surface area contributed by atoms with E-state index < -0.39 is 26.3 Å². The first kappa shape index (κ1) is 14.2. The van der Waals surface area contributed by atoms with Gasteiger partial charge in [-0.25, -0.2) is 12.8 Å². The summed E-state index contributed by atoms with van der Waals surface area (Å²) in [5, 5.41) is 10.1. The van der Waals surface area contributed by atoms with E-state index in [1.54, 1.807) is 13.8 Å². The van der Waals surface area contributed by atoms with Gasteiger partial charge < -0.3 is 10.8 Å². The van der Waals surface area contributed by atoms with E-state index in [0.717, 1.165) is 10.4 Å². The molecular weight excluding hydrogens is 271 g/mol. The molecule has 7 heteroatoms. The van der Waals surface area contributed by atoms with Crippen molar-refractivity contribution in [2.75, 3.05) is 18.8 Å². The monoisotopic (exact) mass is 288 g/mol. The van der Waals surface area contributed by atoms with E-state index in [1.165, 1.54) is 12.1 Å². The van der Waals surface area contributed by atoms with Crippen LogP contribution in [0, 0.1) is 11.7 Å². The summed E-state index contributed by atoms with van der Waals surface area (Å²) in [6, 6.07) is 3.74. The van der Waals surface area contributed by atoms with E-state index in [9.17, 15) is 17.9 Å². The van der Waals surface area contributed by atoms with Crippen molar-refractivity contribution in [3.8, 4) is 0 Å². The number of halogens is 1. The zero-order valence-electron chi connectivity index (χ0n) is 10.8. The van der Waals surface area contributed by atoms with Crippen LogP contribution in [0.4, 0.5) is 10.1 Å². The fourth-order valence-corrected chi connectivity index (χ4v) is 3.75. The Morgan fingerprint density at radius 3 is 2.47 bits per heavy atom. The van der Waals surface area contributed by atoms with Crippen LogP contribution in [0.5, 0.6) is 0 Å². The minimum atomic E-state index is -3.99. The Hall–Kier alpha value is -1.18. The first-order valence-electron chi connectivity index (χ1n) is 5.95. The molecule has 0 aliphatic carbocycles. The number of nitrogens with two attached hydrogens (primary N) is 1. The molecule has 1 aliphatic heterocycles. The van der Waals surface area contributed by atoms with Gasteiger partial charge in [-0.3, -0.25) is 0 Å². The fraction of sp³-hybridized carbons (Fsp3) is 0.500. The molecule has 0 aromatic heterocycles. The molecule has 19 heavy (non-hydrogen) atoms. The van der Waals surface area contributed by atoms with Crippen LogP contribution in [0.1, 0.15) is 13.8 Å². The van der Waals surface area contributed by atoms with Crippen LogP contribution in [-0.2, 0) is 10.0 Å². The fourth-order valence-electron chi connectivity index (χ4n) is 2.03. The number of benzene rings is 1. The van der Waals surface area contributed by atoms with Gasteiger partial charge in [-0.05, 0) is 18.1 Å². The second-order valence-electron chi connectivity index (χ2n) is 5.19. The van der Waals surface area contributed by atoms with Gasteiger partial charge in [0.25, 0.3) is 0 Å². The maximum Gasteiger partial charge on any atom is 0.248 e. The zero-order chi connectivity index (χ0) is 14.4. The average molecular weight is 288 g/mol. The summed E-state index contributed by atoms with van der Waals surface area (Å²) in [6.45, 7) is 3.53. The van der Waals surface area contributed by atoms with E-state index in [1.807, 2.05) is 0 Å². The molecule has 3 N–H and O–H groups in total. The lowest BCUT2D eigenvalue weighted by molar-refractivity contribution is -0.0932. The van der Waals surface area contributed by atoms with Crippen LogP contribution in [0.2, 0.25) is 0 Å². The van der Waals surface area contributed by atoms with Crippen molar-refractivity contribution in [2.45, 2.75) is 24.3 Å². The molecule has 5 nitrogen and oxygen atoms in total. The summed E-state index contributed by atoms with van der Waals surface area (Å²) in [7, 11) is -3.99. The van der Waals surface area contributed by atoms with Crippen LogP contribution in [0.3, 0.4) is 0 Å². The Morgan fingerprint density at radius 2 is 2.00 bits per heavy atom. The first-order valence-corrected chi connectivity index (χ1v) is 7.39. The first-order chi connectivity index (χ1) is 8.68. The van der Waals surface area contributed by atoms with Crippen molar-refractivity contribution in [1.29, 1.82) is 0 Å². The predicted molar refractivity (Wildman–Crippen MR) is 69.4 cm³/mol. The van der Waals surface area contributed by atoms with Crippen molar-refractivity contribution >= 4 is 15.7 Å². The number of hydrogen-bond donors (Lipinski definition) is 2. The Bertz CT molecular complexity index is 575. The Kier molecular flexibility index (Phi) is 3.32. The maximum absolute atomic E-state index is 13.7. The number of nitrogens with zero attached hydrogens (tertiary/aromatic N) is 1. The van der Waals surface area contributed by atoms with Crippen molar-refractivity contribution in [3.63, 3.8) is 0 Å². The largest absolute Gasteiger partial charge is 0.398 e. The standard InChI is InChI=1S/C12H17FN2O3S/c1-8(2)12(16)6-15(7-12)19(17,18)11-9(13)4-3-5-10(11)14/h3-5,8,16H,6-7,14H2,1-2H3. The molecule has 0 radical (unpaired) electrons. The smallest absolute Gasteiger partial charge is 0.248 e. The van der Waals surface area contributed by atoms with Gasteiger partial charge in [-0.15, -0.1) is 0 Å². The van der Waals surface area contributed by atoms with Gasteiger partial charge in [-0.2, -0.15) is 4.31 Å². The van der Waals surface area contributed by atoms with Crippen molar-refractivity contribution < 1.29 is 17.9 Å². The minimum absolute atomic E-state index is 0.0409. The third-order valence-corrected chi connectivity index (χ3v) is 5.45. The molecule has 0 unspecified atom stereocenters. The van der Waals surface area contributed by atoms with Crippen molar-refractivity contribution in [3.05, 3.63) is 24.0 Å². The Labute approximate surface area is 111 Å². The van der Waals surface area contributed by atoms with Crippen LogP contribution in [0.15, 0.2) is 23.1 Å². The molecule has 0 saturated carbocycles. The molecule has 0 atom stereocenters. The minimum Gasteiger partial charge on any atom is -0.398 e. The lowest BCUT2D eigenvalue weighted by Gasteiger charge is -2.47. The van der Waals surface area contributed by atoms with Crippen LogP contribution >= 0.6 is 0 Å². The SMILES string of the molecule is CC(C)C1(O)CN(S(=O)(=O)c2c(N)cccc2F)C1. The molecular formula is C12H17FN2O3S. The third-order valence-electron chi connectivity index (χ3n) is 3.57. The molecule has 0 bridgehead atoms. The lowest BCUT2D eigenvalue weighted by Crippen LogP contribution is -2.65. The summed E-state index contributed by atoms with van der Waals surface area (Å²) in [6.07, 6.45) is 0. The number of nitrogen functional groups attached to an aromatic ring is 1. The quantitative estimate of drug-likeness (QED) is 0.806. The summed E-state index contributed by atoms with van der Waals surface area (Å²) in [4.78, 5) is -0.513. The Balaban J connectivity index is 2.32. The van der Waals surface area contributed by atoms with Crippen molar-refractivity contribution in [2.24, 2.45) is 5.92 Å². The highest BCUT2D eigenvalue weighted by atomic mass is 32.2. The molecule has 1 aromatic carbocycles. The van der Waals surface area contributed by atoms with E-state index >= 15 is 0 Å². The summed E-state index contributed by atoms with van der Waals surface area (Å²) >= 11 is 0. The van der Waals surface area contributed by atoms with Gasteiger partial charge >= 0.3 is 0 Å². The molecule has 1 heterocycles. The van der Waals surface area contributed by atoms with Gasteiger partial charge in [0.2, 0.25) is 10.0 Å². The number of sulfonamides is 1. The molecule has 1 fully saturated rings. The number of hydrogen-bond acceptors (Lipinski definition) is 4. The molecule has 1 saturated heterocycles. The second kappa shape index (κ2) is 4.43. The molecule has 0 spiro atoms. The summed E-state index contributed by atoms with van der Waals surface area (Å²) in [5.41, 5.74) is 4.37. The highest BCUT2D eigenvalue weighted by Gasteiger charge is 2.49. The molecule has 0 amide bonds. The van der Waals surface area contributed by atoms with E-state index in [-0.39, 0.29) is 24.7 Å². The molecule has 1 aliphatic rings. The van der Waals surface area contributed by atoms with Crippen LogP contribution in [0.25, 0.3) is 0 Å². The number of β-amino-alcohol motifs (C(OH)–C–C–N with tert-alkyl or cyclic N) is 1. The molecule has 106 valence electrons. The molecule has 1 aromatic rings. The topological polar surface area (TPSA) is 83.6 Å². The normalized spacial score (nSPS) is 19.4. The van der Waals surface area contributed by atoms with Gasteiger partial charge in [0.15, 0.2) is 0 Å². The van der Waals surface area contributed by atoms with Gasteiger partial charge in [0.05, 0.1) is 11.3 Å². The lowest BCUT2D eigenvalue weighted by atomic mass is 9.85. The predicted octanol–water partition coefficient (Wildman–Crippen LogP) is 0.799. The summed E-state index contributed by atoms with van der Waals surface area (Å²) in [5.74, 6) is -0.947.